The van der Waals surface area contributed by atoms with Crippen LogP contribution in [0.1, 0.15) is 82.4 Å². The molecular formula is C27H34N6O4. The second kappa shape index (κ2) is 10.4. The highest BCUT2D eigenvalue weighted by Crippen LogP contribution is 2.38. The van der Waals surface area contributed by atoms with Crippen molar-refractivity contribution >= 4 is 29.2 Å². The Morgan fingerprint density at radius 2 is 1.54 bits per heavy atom. The van der Waals surface area contributed by atoms with Crippen LogP contribution >= 0.6 is 0 Å². The van der Waals surface area contributed by atoms with E-state index in [-0.39, 0.29) is 36.2 Å². The van der Waals surface area contributed by atoms with Crippen LogP contribution in [0.3, 0.4) is 0 Å². The number of anilines is 2. The van der Waals surface area contributed by atoms with Gasteiger partial charge in [-0.05, 0) is 81.7 Å². The summed E-state index contributed by atoms with van der Waals surface area (Å²) >= 11 is 0. The van der Waals surface area contributed by atoms with Crippen molar-refractivity contribution in [2.75, 3.05) is 10.2 Å². The van der Waals surface area contributed by atoms with Crippen LogP contribution in [0, 0.1) is 0 Å². The predicted molar refractivity (Wildman–Crippen MR) is 139 cm³/mol. The highest BCUT2D eigenvalue weighted by atomic mass is 16.3. The third-order valence-electron chi connectivity index (χ3n) is 7.97. The van der Waals surface area contributed by atoms with Gasteiger partial charge in [0.25, 0.3) is 11.8 Å². The highest BCUT2D eigenvalue weighted by Gasteiger charge is 2.41. The van der Waals surface area contributed by atoms with E-state index in [1.807, 2.05) is 6.07 Å². The summed E-state index contributed by atoms with van der Waals surface area (Å²) in [6.45, 7) is 0. The Morgan fingerprint density at radius 1 is 0.865 bits per heavy atom. The molecule has 196 valence electrons. The van der Waals surface area contributed by atoms with E-state index in [4.69, 9.17) is 11.5 Å². The fourth-order valence-corrected chi connectivity index (χ4v) is 6.08. The molecule has 1 saturated carbocycles. The molecule has 7 N–H and O–H groups in total. The number of aliphatic hydroxyl groups is 1. The number of aromatic nitrogens is 1. The lowest BCUT2D eigenvalue weighted by Gasteiger charge is -2.40. The monoisotopic (exact) mass is 506 g/mol. The molecule has 2 unspecified atom stereocenters. The van der Waals surface area contributed by atoms with Gasteiger partial charge in [0.05, 0.1) is 17.2 Å². The number of benzene rings is 1. The van der Waals surface area contributed by atoms with Crippen LogP contribution in [0.25, 0.3) is 0 Å². The summed E-state index contributed by atoms with van der Waals surface area (Å²) in [5.74, 6) is -0.398. The number of nitrogens with two attached hydrogens (primary N) is 2. The topological polar surface area (TPSA) is 164 Å². The maximum absolute atomic E-state index is 13.2. The Labute approximate surface area is 215 Å². The molecular weight excluding hydrogens is 472 g/mol. The minimum Gasteiger partial charge on any atom is -0.393 e. The van der Waals surface area contributed by atoms with Crippen LogP contribution < -0.4 is 27.0 Å². The van der Waals surface area contributed by atoms with Crippen molar-refractivity contribution in [1.82, 2.24) is 10.3 Å². The summed E-state index contributed by atoms with van der Waals surface area (Å²) < 4.78 is 0. The van der Waals surface area contributed by atoms with Crippen molar-refractivity contribution in [2.45, 2.75) is 81.6 Å². The Hall–Kier alpha value is -3.66. The zero-order chi connectivity index (χ0) is 26.1. The fourth-order valence-electron chi connectivity index (χ4n) is 6.08. The summed E-state index contributed by atoms with van der Waals surface area (Å²) in [7, 11) is 0. The number of aliphatic hydroxyl groups excluding tert-OH is 1. The predicted octanol–water partition coefficient (Wildman–Crippen LogP) is 1.92. The van der Waals surface area contributed by atoms with E-state index in [1.54, 1.807) is 24.3 Å². The first-order chi connectivity index (χ1) is 17.8. The van der Waals surface area contributed by atoms with Gasteiger partial charge in [-0.3, -0.25) is 14.4 Å². The number of rotatable bonds is 7. The SMILES string of the molecule is NC(=O)c1ccc(N2C3CCC2CC(NC(=O)c2ccc(C(N)=O)c(NC4CCC(O)CC4)c2)C3)nc1. The van der Waals surface area contributed by atoms with E-state index < -0.39 is 11.8 Å². The Kier molecular flexibility index (Phi) is 7.01. The molecule has 1 aromatic carbocycles. The minimum absolute atomic E-state index is 0.0261. The first-order valence-corrected chi connectivity index (χ1v) is 13.0. The van der Waals surface area contributed by atoms with Gasteiger partial charge < -0.3 is 32.1 Å². The smallest absolute Gasteiger partial charge is 0.251 e. The molecule has 10 heteroatoms. The van der Waals surface area contributed by atoms with Crippen molar-refractivity contribution in [3.63, 3.8) is 0 Å². The van der Waals surface area contributed by atoms with Gasteiger partial charge in [-0.1, -0.05) is 0 Å². The summed E-state index contributed by atoms with van der Waals surface area (Å²) in [5, 5.41) is 16.4. The van der Waals surface area contributed by atoms with Crippen molar-refractivity contribution in [1.29, 1.82) is 0 Å². The fraction of sp³-hybridized carbons (Fsp3) is 0.481. The third kappa shape index (κ3) is 5.39. The molecule has 2 aliphatic heterocycles. The van der Waals surface area contributed by atoms with Gasteiger partial charge in [0.2, 0.25) is 5.91 Å². The molecule has 3 heterocycles. The number of hydrogen-bond donors (Lipinski definition) is 5. The first-order valence-electron chi connectivity index (χ1n) is 13.0. The molecule has 37 heavy (non-hydrogen) atoms. The Balaban J connectivity index is 1.25. The molecule has 2 aromatic rings. The molecule has 3 amide bonds. The van der Waals surface area contributed by atoms with Crippen LogP contribution in [0.15, 0.2) is 36.5 Å². The average molecular weight is 507 g/mol. The number of fused-ring (bicyclic) bond motifs is 2. The molecule has 1 aliphatic carbocycles. The zero-order valence-corrected chi connectivity index (χ0v) is 20.7. The van der Waals surface area contributed by atoms with Crippen LogP contribution in [0.5, 0.6) is 0 Å². The number of carbonyl (C=O) groups is 3. The molecule has 3 fully saturated rings. The number of nitrogens with zero attached hydrogens (tertiary/aromatic N) is 2. The van der Waals surface area contributed by atoms with Crippen LogP contribution in [-0.4, -0.2) is 58.1 Å². The van der Waals surface area contributed by atoms with Crippen LogP contribution in [0.4, 0.5) is 11.5 Å². The average Bonchev–Trinajstić information content (AvgIpc) is 3.15. The lowest BCUT2D eigenvalue weighted by atomic mass is 9.92. The molecule has 0 radical (unpaired) electrons. The van der Waals surface area contributed by atoms with E-state index in [0.717, 1.165) is 44.3 Å². The number of primary amides is 2. The quantitative estimate of drug-likeness (QED) is 0.383. The normalized spacial score (nSPS) is 26.9. The largest absolute Gasteiger partial charge is 0.393 e. The number of nitrogens with one attached hydrogen (secondary N) is 2. The summed E-state index contributed by atoms with van der Waals surface area (Å²) in [6.07, 6.45) is 7.87. The van der Waals surface area contributed by atoms with E-state index in [9.17, 15) is 19.5 Å². The lowest BCUT2D eigenvalue weighted by molar-refractivity contribution is 0.0924. The lowest BCUT2D eigenvalue weighted by Crippen LogP contribution is -2.50. The van der Waals surface area contributed by atoms with E-state index >= 15 is 0 Å². The Morgan fingerprint density at radius 3 is 2.14 bits per heavy atom. The van der Waals surface area contributed by atoms with E-state index in [0.29, 0.717) is 35.2 Å². The molecule has 10 nitrogen and oxygen atoms in total. The molecule has 5 rings (SSSR count). The molecule has 2 atom stereocenters. The second-order valence-electron chi connectivity index (χ2n) is 10.5. The van der Waals surface area contributed by atoms with Crippen molar-refractivity contribution in [3.8, 4) is 0 Å². The number of amides is 3. The number of piperidine rings is 1. The van der Waals surface area contributed by atoms with E-state index in [2.05, 4.69) is 20.5 Å². The third-order valence-corrected chi connectivity index (χ3v) is 7.97. The number of hydrogen-bond acceptors (Lipinski definition) is 7. The first kappa shape index (κ1) is 25.0. The summed E-state index contributed by atoms with van der Waals surface area (Å²) in [6, 6.07) is 9.14. The minimum atomic E-state index is -0.549. The second-order valence-corrected chi connectivity index (χ2v) is 10.5. The van der Waals surface area contributed by atoms with Crippen molar-refractivity contribution in [2.24, 2.45) is 11.5 Å². The molecule has 3 aliphatic rings. The van der Waals surface area contributed by atoms with Gasteiger partial charge in [-0.2, -0.15) is 0 Å². The number of carbonyl (C=O) groups excluding carboxylic acids is 3. The summed E-state index contributed by atoms with van der Waals surface area (Å²) in [5.41, 5.74) is 12.7. The molecule has 1 aromatic heterocycles. The molecule has 2 bridgehead atoms. The van der Waals surface area contributed by atoms with Gasteiger partial charge in [0.15, 0.2) is 0 Å². The van der Waals surface area contributed by atoms with Crippen molar-refractivity contribution < 1.29 is 19.5 Å². The van der Waals surface area contributed by atoms with Crippen LogP contribution in [0.2, 0.25) is 0 Å². The van der Waals surface area contributed by atoms with Gasteiger partial charge in [-0.25, -0.2) is 4.98 Å². The Bertz CT molecular complexity index is 1160. The van der Waals surface area contributed by atoms with E-state index in [1.165, 1.54) is 6.20 Å². The van der Waals surface area contributed by atoms with Crippen LogP contribution in [-0.2, 0) is 0 Å². The van der Waals surface area contributed by atoms with Gasteiger partial charge in [0.1, 0.15) is 5.82 Å². The molecule has 2 saturated heterocycles. The van der Waals surface area contributed by atoms with Gasteiger partial charge in [0, 0.05) is 41.6 Å². The highest BCUT2D eigenvalue weighted by molar-refractivity contribution is 6.02. The van der Waals surface area contributed by atoms with Gasteiger partial charge in [-0.15, -0.1) is 0 Å². The van der Waals surface area contributed by atoms with Gasteiger partial charge >= 0.3 is 0 Å². The van der Waals surface area contributed by atoms with Crippen molar-refractivity contribution in [3.05, 3.63) is 53.2 Å². The number of pyridine rings is 1. The standard InChI is InChI=1S/C27H34N6O4/c28-25(35)16-2-10-24(30-14-16)33-19-5-6-20(33)13-18(12-19)32-27(37)15-1-9-22(26(29)36)23(11-15)31-17-3-7-21(34)8-4-17/h1-2,9-11,14,17-21,31,34H,3-8,12-13H2,(H2,28,35)(H2,29,36)(H,32,37). The zero-order valence-electron chi connectivity index (χ0n) is 20.7. The molecule has 0 spiro atoms. The summed E-state index contributed by atoms with van der Waals surface area (Å²) in [4.78, 5) is 43.3. The maximum Gasteiger partial charge on any atom is 0.251 e. The maximum atomic E-state index is 13.2.